The number of nitrogens with one attached hydrogen (secondary N) is 3. The van der Waals surface area contributed by atoms with E-state index in [4.69, 9.17) is 21.1 Å². The number of ether oxygens (including phenoxy) is 2. The van der Waals surface area contributed by atoms with Crippen molar-refractivity contribution < 1.29 is 22.7 Å². The summed E-state index contributed by atoms with van der Waals surface area (Å²) in [4.78, 5) is 18.4. The number of carbonyl (C=O) groups excluding carboxylic acids is 1. The first kappa shape index (κ1) is 30.9. The van der Waals surface area contributed by atoms with Gasteiger partial charge in [-0.25, -0.2) is 13.2 Å². The van der Waals surface area contributed by atoms with Gasteiger partial charge < -0.3 is 19.8 Å². The Morgan fingerprint density at radius 3 is 2.44 bits per heavy atom. The zero-order valence-corrected chi connectivity index (χ0v) is 26.4. The molecule has 1 aliphatic heterocycles. The van der Waals surface area contributed by atoms with Crippen LogP contribution in [0.3, 0.4) is 0 Å². The van der Waals surface area contributed by atoms with Crippen LogP contribution in [0.2, 0.25) is 5.02 Å². The number of rotatable bonds is 8. The van der Waals surface area contributed by atoms with Gasteiger partial charge in [-0.3, -0.25) is 9.62 Å². The minimum Gasteiger partial charge on any atom is -0.393 e. The summed E-state index contributed by atoms with van der Waals surface area (Å²) in [6.45, 7) is 12.3. The number of halogens is 1. The number of sulfonamides is 1. The lowest BCUT2D eigenvalue weighted by Crippen LogP contribution is -2.41. The van der Waals surface area contributed by atoms with Gasteiger partial charge in [0, 0.05) is 47.8 Å². The number of fused-ring (bicyclic) bond motifs is 1. The minimum absolute atomic E-state index is 0.0935. The number of H-pyrrole nitrogens is 1. The molecule has 4 aromatic rings. The quantitative estimate of drug-likeness (QED) is 0.212. The molecular weight excluding hydrogens is 588 g/mol. The molecule has 0 radical (unpaired) electrons. The van der Waals surface area contributed by atoms with Crippen molar-refractivity contribution in [1.82, 2.24) is 15.2 Å². The lowest BCUT2D eigenvalue weighted by Gasteiger charge is -2.26. The second-order valence-corrected chi connectivity index (χ2v) is 13.8. The van der Waals surface area contributed by atoms with Crippen molar-refractivity contribution in [2.45, 2.75) is 38.0 Å². The fourth-order valence-electron chi connectivity index (χ4n) is 4.96. The van der Waals surface area contributed by atoms with E-state index in [1.807, 2.05) is 31.2 Å². The van der Waals surface area contributed by atoms with E-state index in [1.165, 1.54) is 0 Å². The molecule has 3 aromatic carbocycles. The van der Waals surface area contributed by atoms with Crippen LogP contribution in [0, 0.1) is 6.92 Å². The summed E-state index contributed by atoms with van der Waals surface area (Å²) in [6.07, 6.45) is -0.598. The number of aryl methyl sites for hydroxylation is 1. The molecule has 0 saturated carbocycles. The highest BCUT2D eigenvalue weighted by molar-refractivity contribution is 7.92. The summed E-state index contributed by atoms with van der Waals surface area (Å²) >= 11 is 6.47. The summed E-state index contributed by atoms with van der Waals surface area (Å²) in [6, 6.07) is 17.6. The molecule has 43 heavy (non-hydrogen) atoms. The second-order valence-electron chi connectivity index (χ2n) is 11.7. The highest BCUT2D eigenvalue weighted by Gasteiger charge is 2.22. The summed E-state index contributed by atoms with van der Waals surface area (Å²) in [5.74, 6) is 0.233. The fourth-order valence-corrected chi connectivity index (χ4v) is 6.19. The first-order valence-electron chi connectivity index (χ1n) is 14.2. The molecule has 9 nitrogen and oxygen atoms in total. The lowest BCUT2D eigenvalue weighted by atomic mass is 9.87. The van der Waals surface area contributed by atoms with Crippen LogP contribution in [0.25, 0.3) is 22.0 Å². The SMILES string of the molecule is Cc1ccc(-c2c(OC(=O)NCCN3CCOCC3)[nH]c3ccc(NS(=O)(=O)c4ccc(C(C)(C)C)cc4)cc23)cc1Cl. The Morgan fingerprint density at radius 1 is 1.05 bits per heavy atom. The zero-order valence-electron chi connectivity index (χ0n) is 24.8. The molecule has 1 aromatic heterocycles. The number of carbonyl (C=O) groups is 1. The largest absolute Gasteiger partial charge is 0.413 e. The van der Waals surface area contributed by atoms with Crippen LogP contribution < -0.4 is 14.8 Å². The van der Waals surface area contributed by atoms with E-state index >= 15 is 0 Å². The number of nitrogens with zero attached hydrogens (tertiary/aromatic N) is 1. The Balaban J connectivity index is 1.42. The molecular formula is C32H37ClN4O5S. The van der Waals surface area contributed by atoms with Crippen molar-refractivity contribution in [3.8, 4) is 17.0 Å². The van der Waals surface area contributed by atoms with Gasteiger partial charge in [0.1, 0.15) is 0 Å². The maximum Gasteiger partial charge on any atom is 0.413 e. The molecule has 5 rings (SSSR count). The van der Waals surface area contributed by atoms with Gasteiger partial charge in [-0.2, -0.15) is 0 Å². The van der Waals surface area contributed by atoms with Gasteiger partial charge in [-0.05, 0) is 65.4 Å². The molecule has 0 atom stereocenters. The number of anilines is 1. The van der Waals surface area contributed by atoms with Gasteiger partial charge >= 0.3 is 6.09 Å². The Hall–Kier alpha value is -3.57. The lowest BCUT2D eigenvalue weighted by molar-refractivity contribution is 0.0385. The van der Waals surface area contributed by atoms with Gasteiger partial charge in [0.15, 0.2) is 0 Å². The molecule has 1 aliphatic rings. The molecule has 0 bridgehead atoms. The van der Waals surface area contributed by atoms with Crippen molar-refractivity contribution in [3.63, 3.8) is 0 Å². The van der Waals surface area contributed by atoms with Crippen molar-refractivity contribution in [3.05, 3.63) is 76.8 Å². The third-order valence-corrected chi connectivity index (χ3v) is 9.31. The Labute approximate surface area is 257 Å². The van der Waals surface area contributed by atoms with E-state index in [0.717, 1.165) is 29.8 Å². The maximum absolute atomic E-state index is 13.3. The summed E-state index contributed by atoms with van der Waals surface area (Å²) < 4.78 is 40.4. The molecule has 0 unspecified atom stereocenters. The van der Waals surface area contributed by atoms with E-state index in [0.29, 0.717) is 53.5 Å². The Bertz CT molecular complexity index is 1720. The van der Waals surface area contributed by atoms with Crippen molar-refractivity contribution in [1.29, 1.82) is 0 Å². The minimum atomic E-state index is -3.85. The number of amides is 1. The van der Waals surface area contributed by atoms with Gasteiger partial charge in [0.2, 0.25) is 5.88 Å². The van der Waals surface area contributed by atoms with Gasteiger partial charge in [-0.1, -0.05) is 56.6 Å². The fraction of sp³-hybridized carbons (Fsp3) is 0.344. The highest BCUT2D eigenvalue weighted by atomic mass is 35.5. The molecule has 1 fully saturated rings. The predicted octanol–water partition coefficient (Wildman–Crippen LogP) is 6.32. The molecule has 11 heteroatoms. The van der Waals surface area contributed by atoms with Crippen molar-refractivity contribution >= 4 is 44.3 Å². The predicted molar refractivity (Wildman–Crippen MR) is 171 cm³/mol. The van der Waals surface area contributed by atoms with Gasteiger partial charge in [0.05, 0.1) is 23.7 Å². The van der Waals surface area contributed by atoms with Gasteiger partial charge in [0.25, 0.3) is 10.0 Å². The average molecular weight is 625 g/mol. The average Bonchev–Trinajstić information content (AvgIpc) is 3.31. The third kappa shape index (κ3) is 7.33. The number of aromatic nitrogens is 1. The van der Waals surface area contributed by atoms with Crippen LogP contribution in [-0.4, -0.2) is 63.8 Å². The number of hydrogen-bond acceptors (Lipinski definition) is 6. The number of morpholine rings is 1. The van der Waals surface area contributed by atoms with Crippen LogP contribution >= 0.6 is 11.6 Å². The number of hydrogen-bond donors (Lipinski definition) is 3. The first-order valence-corrected chi connectivity index (χ1v) is 16.1. The van der Waals surface area contributed by atoms with Crippen LogP contribution in [-0.2, 0) is 20.2 Å². The van der Waals surface area contributed by atoms with E-state index in [9.17, 15) is 13.2 Å². The molecule has 228 valence electrons. The van der Waals surface area contributed by atoms with Gasteiger partial charge in [-0.15, -0.1) is 0 Å². The van der Waals surface area contributed by atoms with Crippen LogP contribution in [0.4, 0.5) is 10.5 Å². The topological polar surface area (TPSA) is 113 Å². The smallest absolute Gasteiger partial charge is 0.393 e. The van der Waals surface area contributed by atoms with E-state index in [1.54, 1.807) is 36.4 Å². The summed E-state index contributed by atoms with van der Waals surface area (Å²) in [5.41, 5.74) is 4.20. The standard InChI is InChI=1S/C32H37ClN4O5S/c1-21-5-6-22(19-27(21)33)29-26-20-24(36-43(39,40)25-10-7-23(8-11-25)32(2,3)4)9-12-28(26)35-30(29)42-31(38)34-13-14-37-15-17-41-18-16-37/h5-12,19-20,35-36H,13-18H2,1-4H3,(H,34,38). The molecule has 0 spiro atoms. The highest BCUT2D eigenvalue weighted by Crippen LogP contribution is 2.40. The Morgan fingerprint density at radius 2 is 1.77 bits per heavy atom. The zero-order chi connectivity index (χ0) is 30.8. The van der Waals surface area contributed by atoms with E-state index in [-0.39, 0.29) is 16.2 Å². The first-order chi connectivity index (χ1) is 20.4. The molecule has 1 amide bonds. The molecule has 0 aliphatic carbocycles. The normalized spacial score (nSPS) is 14.5. The third-order valence-electron chi connectivity index (χ3n) is 7.50. The number of benzene rings is 3. The van der Waals surface area contributed by atoms with Crippen molar-refractivity contribution in [2.24, 2.45) is 0 Å². The molecule has 3 N–H and O–H groups in total. The Kier molecular flexibility index (Phi) is 9.03. The van der Waals surface area contributed by atoms with Crippen LogP contribution in [0.1, 0.15) is 31.9 Å². The summed E-state index contributed by atoms with van der Waals surface area (Å²) in [7, 11) is -3.85. The van der Waals surface area contributed by atoms with Crippen LogP contribution in [0.5, 0.6) is 5.88 Å². The second kappa shape index (κ2) is 12.6. The maximum atomic E-state index is 13.3. The van der Waals surface area contributed by atoms with E-state index in [2.05, 4.69) is 40.7 Å². The van der Waals surface area contributed by atoms with E-state index < -0.39 is 16.1 Å². The summed E-state index contributed by atoms with van der Waals surface area (Å²) in [5, 5.41) is 4.04. The molecule has 1 saturated heterocycles. The van der Waals surface area contributed by atoms with Crippen LogP contribution in [0.15, 0.2) is 65.6 Å². The number of aromatic amines is 1. The monoisotopic (exact) mass is 624 g/mol. The van der Waals surface area contributed by atoms with Crippen molar-refractivity contribution in [2.75, 3.05) is 44.1 Å². The molecule has 2 heterocycles.